The molecule has 1 fully saturated rings. The second-order valence-electron chi connectivity index (χ2n) is 6.27. The summed E-state index contributed by atoms with van der Waals surface area (Å²) < 4.78 is 23.6. The molecule has 1 saturated heterocycles. The third-order valence-electron chi connectivity index (χ3n) is 4.32. The van der Waals surface area contributed by atoms with Gasteiger partial charge in [0.25, 0.3) is 5.91 Å². The summed E-state index contributed by atoms with van der Waals surface area (Å²) in [6.07, 6.45) is 3.13. The fourth-order valence-electron chi connectivity index (χ4n) is 2.94. The number of benzene rings is 1. The van der Waals surface area contributed by atoms with Crippen molar-refractivity contribution >= 4 is 15.7 Å². The Balaban J connectivity index is 2.26. The zero-order chi connectivity index (χ0) is 16.5. The molecule has 6 heteroatoms. The van der Waals surface area contributed by atoms with E-state index in [0.29, 0.717) is 30.1 Å². The van der Waals surface area contributed by atoms with Crippen LogP contribution in [0.1, 0.15) is 35.7 Å². The summed E-state index contributed by atoms with van der Waals surface area (Å²) in [4.78, 5) is 14.7. The van der Waals surface area contributed by atoms with E-state index >= 15 is 0 Å². The third-order valence-corrected chi connectivity index (χ3v) is 5.56. The lowest BCUT2D eigenvalue weighted by atomic mass is 9.92. The van der Waals surface area contributed by atoms with Crippen molar-refractivity contribution in [3.05, 3.63) is 29.3 Å². The Morgan fingerprint density at radius 3 is 2.68 bits per heavy atom. The normalized spacial score (nSPS) is 20.7. The molecule has 0 bridgehead atoms. The fraction of sp³-hybridized carbons (Fsp3) is 0.562. The van der Waals surface area contributed by atoms with E-state index in [4.69, 9.17) is 5.73 Å². The maximum Gasteiger partial charge on any atom is 0.253 e. The minimum atomic E-state index is -3.34. The van der Waals surface area contributed by atoms with Gasteiger partial charge in [-0.15, -0.1) is 0 Å². The number of hydrogen-bond donors (Lipinski definition) is 1. The molecule has 1 aromatic rings. The first-order valence-corrected chi connectivity index (χ1v) is 9.45. The van der Waals surface area contributed by atoms with Gasteiger partial charge in [-0.1, -0.05) is 6.07 Å². The number of carbonyl (C=O) groups is 1. The highest BCUT2D eigenvalue weighted by Crippen LogP contribution is 2.22. The van der Waals surface area contributed by atoms with Crippen molar-refractivity contribution in [3.63, 3.8) is 0 Å². The molecule has 1 aliphatic heterocycles. The smallest absolute Gasteiger partial charge is 0.253 e. The lowest BCUT2D eigenvalue weighted by Crippen LogP contribution is -2.45. The molecule has 2 N–H and O–H groups in total. The molecule has 1 amide bonds. The molecule has 1 aliphatic rings. The molecule has 1 heterocycles. The molecule has 2 atom stereocenters. The number of likely N-dealkylation sites (tertiary alicyclic amines) is 1. The first-order valence-electron chi connectivity index (χ1n) is 7.55. The zero-order valence-corrected chi connectivity index (χ0v) is 14.2. The summed E-state index contributed by atoms with van der Waals surface area (Å²) in [5, 5.41) is 0. The summed E-state index contributed by atoms with van der Waals surface area (Å²) in [5.41, 5.74) is 7.04. The van der Waals surface area contributed by atoms with E-state index in [0.717, 1.165) is 19.1 Å². The Morgan fingerprint density at radius 2 is 2.09 bits per heavy atom. The Labute approximate surface area is 132 Å². The van der Waals surface area contributed by atoms with Crippen molar-refractivity contribution in [1.29, 1.82) is 0 Å². The largest absolute Gasteiger partial charge is 0.338 e. The van der Waals surface area contributed by atoms with Gasteiger partial charge in [0.15, 0.2) is 9.84 Å². The SMILES string of the molecule is Cc1ccc(C(=O)N2CCC[C@@H]([C@H](C)N)C2)cc1S(C)(=O)=O. The van der Waals surface area contributed by atoms with Crippen LogP contribution in [0.4, 0.5) is 0 Å². The predicted molar refractivity (Wildman–Crippen MR) is 86.6 cm³/mol. The number of nitrogens with zero attached hydrogens (tertiary/aromatic N) is 1. The molecule has 0 aliphatic carbocycles. The molecule has 0 radical (unpaired) electrons. The number of amides is 1. The van der Waals surface area contributed by atoms with Gasteiger partial charge >= 0.3 is 0 Å². The van der Waals surface area contributed by atoms with Crippen LogP contribution in [0.5, 0.6) is 0 Å². The number of hydrogen-bond acceptors (Lipinski definition) is 4. The molecule has 0 unspecified atom stereocenters. The van der Waals surface area contributed by atoms with Crippen molar-refractivity contribution in [2.75, 3.05) is 19.3 Å². The van der Waals surface area contributed by atoms with Crippen LogP contribution in [0.25, 0.3) is 0 Å². The quantitative estimate of drug-likeness (QED) is 0.916. The highest BCUT2D eigenvalue weighted by Gasteiger charge is 2.27. The van der Waals surface area contributed by atoms with Crippen LogP contribution in [-0.4, -0.2) is 44.6 Å². The lowest BCUT2D eigenvalue weighted by molar-refractivity contribution is 0.0660. The van der Waals surface area contributed by atoms with Gasteiger partial charge in [0, 0.05) is 31.0 Å². The second-order valence-corrected chi connectivity index (χ2v) is 8.25. The average Bonchev–Trinajstić information content (AvgIpc) is 2.46. The average molecular weight is 324 g/mol. The summed E-state index contributed by atoms with van der Waals surface area (Å²) >= 11 is 0. The highest BCUT2D eigenvalue weighted by atomic mass is 32.2. The number of carbonyl (C=O) groups excluding carboxylic acids is 1. The second kappa shape index (κ2) is 6.38. The summed E-state index contributed by atoms with van der Waals surface area (Å²) in [6.45, 7) is 5.03. The molecule has 2 rings (SSSR count). The molecule has 5 nitrogen and oxygen atoms in total. The van der Waals surface area contributed by atoms with Crippen LogP contribution in [0.3, 0.4) is 0 Å². The molecular weight excluding hydrogens is 300 g/mol. The molecule has 22 heavy (non-hydrogen) atoms. The molecule has 0 spiro atoms. The first-order chi connectivity index (χ1) is 10.2. The van der Waals surface area contributed by atoms with E-state index in [-0.39, 0.29) is 16.8 Å². The lowest BCUT2D eigenvalue weighted by Gasteiger charge is -2.34. The fourth-order valence-corrected chi connectivity index (χ4v) is 3.93. The molecular formula is C16H24N2O3S. The first kappa shape index (κ1) is 17.0. The van der Waals surface area contributed by atoms with Gasteiger partial charge in [-0.05, 0) is 50.3 Å². The third kappa shape index (κ3) is 3.67. The van der Waals surface area contributed by atoms with Crippen LogP contribution in [0, 0.1) is 12.8 Å². The van der Waals surface area contributed by atoms with Gasteiger partial charge in [-0.3, -0.25) is 4.79 Å². The van der Waals surface area contributed by atoms with Gasteiger partial charge in [0.2, 0.25) is 0 Å². The van der Waals surface area contributed by atoms with E-state index in [9.17, 15) is 13.2 Å². The van der Waals surface area contributed by atoms with Crippen LogP contribution in [0.15, 0.2) is 23.1 Å². The Hall–Kier alpha value is -1.40. The van der Waals surface area contributed by atoms with Crippen molar-refractivity contribution in [3.8, 4) is 0 Å². The van der Waals surface area contributed by atoms with Crippen molar-refractivity contribution in [2.24, 2.45) is 11.7 Å². The van der Waals surface area contributed by atoms with Gasteiger partial charge < -0.3 is 10.6 Å². The number of sulfone groups is 1. The molecule has 0 aromatic heterocycles. The van der Waals surface area contributed by atoms with E-state index in [1.807, 2.05) is 6.92 Å². The number of aryl methyl sites for hydroxylation is 1. The molecule has 122 valence electrons. The van der Waals surface area contributed by atoms with Crippen molar-refractivity contribution in [2.45, 2.75) is 37.6 Å². The topological polar surface area (TPSA) is 80.5 Å². The minimum Gasteiger partial charge on any atom is -0.338 e. The maximum atomic E-state index is 12.6. The van der Waals surface area contributed by atoms with Crippen molar-refractivity contribution in [1.82, 2.24) is 4.90 Å². The Bertz CT molecular complexity index is 668. The van der Waals surface area contributed by atoms with Gasteiger partial charge in [0.05, 0.1) is 4.90 Å². The predicted octanol–water partition coefficient (Wildman–Crippen LogP) is 1.60. The monoisotopic (exact) mass is 324 g/mol. The van der Waals surface area contributed by atoms with Crippen LogP contribution in [0.2, 0.25) is 0 Å². The van der Waals surface area contributed by atoms with E-state index < -0.39 is 9.84 Å². The maximum absolute atomic E-state index is 12.6. The standard InChI is InChI=1S/C16H24N2O3S/c1-11-6-7-13(9-15(11)22(3,20)21)16(19)18-8-4-5-14(10-18)12(2)17/h6-7,9,12,14H,4-5,8,10,17H2,1-3H3/t12-,14+/m0/s1. The Kier molecular flexibility index (Phi) is 4.92. The summed E-state index contributed by atoms with van der Waals surface area (Å²) in [6, 6.07) is 4.93. The summed E-state index contributed by atoms with van der Waals surface area (Å²) in [5.74, 6) is 0.188. The van der Waals surface area contributed by atoms with Gasteiger partial charge in [-0.25, -0.2) is 8.42 Å². The van der Waals surface area contributed by atoms with Gasteiger partial charge in [-0.2, -0.15) is 0 Å². The molecule has 0 saturated carbocycles. The highest BCUT2D eigenvalue weighted by molar-refractivity contribution is 7.90. The zero-order valence-electron chi connectivity index (χ0n) is 13.4. The van der Waals surface area contributed by atoms with Crippen LogP contribution in [-0.2, 0) is 9.84 Å². The van der Waals surface area contributed by atoms with E-state index in [1.54, 1.807) is 24.0 Å². The number of piperidine rings is 1. The van der Waals surface area contributed by atoms with Gasteiger partial charge in [0.1, 0.15) is 0 Å². The van der Waals surface area contributed by atoms with Crippen LogP contribution >= 0.6 is 0 Å². The van der Waals surface area contributed by atoms with E-state index in [2.05, 4.69) is 0 Å². The van der Waals surface area contributed by atoms with Crippen molar-refractivity contribution < 1.29 is 13.2 Å². The van der Waals surface area contributed by atoms with E-state index in [1.165, 1.54) is 6.07 Å². The Morgan fingerprint density at radius 1 is 1.41 bits per heavy atom. The summed E-state index contributed by atoms with van der Waals surface area (Å²) in [7, 11) is -3.34. The minimum absolute atomic E-state index is 0.0557. The number of nitrogens with two attached hydrogens (primary N) is 1. The number of rotatable bonds is 3. The molecule has 1 aromatic carbocycles. The van der Waals surface area contributed by atoms with Crippen LogP contribution < -0.4 is 5.73 Å².